The molecule has 2 atom stereocenters. The Kier molecular flexibility index (Phi) is 3.46. The van der Waals surface area contributed by atoms with Gasteiger partial charge >= 0.3 is 0 Å². The van der Waals surface area contributed by atoms with Gasteiger partial charge in [-0.2, -0.15) is 0 Å². The number of carbonyl (C=O) groups is 2. The van der Waals surface area contributed by atoms with Gasteiger partial charge in [0, 0.05) is 6.54 Å². The van der Waals surface area contributed by atoms with Crippen molar-refractivity contribution in [2.45, 2.75) is 51.1 Å². The first-order chi connectivity index (χ1) is 8.54. The molecule has 0 aromatic carbocycles. The standard InChI is InChI=1S/C14H22N2O2/c1-4-6-9-16-11(5-2)12(17)15-14(3,13(16)18)10-7-8-10/h4,10-11H,1,5-9H2,2-3H3,(H,15,17). The van der Waals surface area contributed by atoms with Gasteiger partial charge in [-0.15, -0.1) is 6.58 Å². The van der Waals surface area contributed by atoms with Gasteiger partial charge in [-0.3, -0.25) is 9.59 Å². The van der Waals surface area contributed by atoms with Crippen LogP contribution < -0.4 is 5.32 Å². The maximum atomic E-state index is 12.6. The SMILES string of the molecule is C=CCCN1C(=O)C(C)(C2CC2)NC(=O)C1CC. The Balaban J connectivity index is 2.23. The number of nitrogens with zero attached hydrogens (tertiary/aromatic N) is 1. The number of amides is 2. The van der Waals surface area contributed by atoms with Gasteiger partial charge in [0.05, 0.1) is 0 Å². The molecule has 1 saturated heterocycles. The van der Waals surface area contributed by atoms with Crippen molar-refractivity contribution in [1.82, 2.24) is 10.2 Å². The zero-order valence-electron chi connectivity index (χ0n) is 11.2. The lowest BCUT2D eigenvalue weighted by Gasteiger charge is -2.44. The molecule has 2 amide bonds. The van der Waals surface area contributed by atoms with Gasteiger partial charge in [0.2, 0.25) is 11.8 Å². The summed E-state index contributed by atoms with van der Waals surface area (Å²) in [6, 6.07) is -0.315. The first-order valence-corrected chi connectivity index (χ1v) is 6.78. The van der Waals surface area contributed by atoms with Crippen molar-refractivity contribution >= 4 is 11.8 Å². The quantitative estimate of drug-likeness (QED) is 0.751. The minimum absolute atomic E-state index is 0.00411. The van der Waals surface area contributed by atoms with E-state index in [0.717, 1.165) is 19.3 Å². The summed E-state index contributed by atoms with van der Waals surface area (Å²) in [6.07, 6.45) is 5.26. The molecule has 1 N–H and O–H groups in total. The third-order valence-corrected chi connectivity index (χ3v) is 4.12. The van der Waals surface area contributed by atoms with Crippen molar-refractivity contribution in [3.05, 3.63) is 12.7 Å². The van der Waals surface area contributed by atoms with Crippen molar-refractivity contribution in [3.63, 3.8) is 0 Å². The molecular formula is C14H22N2O2. The van der Waals surface area contributed by atoms with Crippen molar-refractivity contribution in [2.24, 2.45) is 5.92 Å². The molecule has 1 aliphatic heterocycles. The van der Waals surface area contributed by atoms with Crippen LogP contribution >= 0.6 is 0 Å². The number of rotatable bonds is 5. The van der Waals surface area contributed by atoms with E-state index in [9.17, 15) is 9.59 Å². The van der Waals surface area contributed by atoms with Crippen LogP contribution in [0.4, 0.5) is 0 Å². The summed E-state index contributed by atoms with van der Waals surface area (Å²) in [5, 5.41) is 2.96. The zero-order chi connectivity index (χ0) is 13.3. The Morgan fingerprint density at radius 1 is 1.50 bits per heavy atom. The van der Waals surface area contributed by atoms with E-state index in [2.05, 4.69) is 11.9 Å². The number of nitrogens with one attached hydrogen (secondary N) is 1. The van der Waals surface area contributed by atoms with Crippen LogP contribution in [0.5, 0.6) is 0 Å². The third kappa shape index (κ3) is 2.04. The number of hydrogen-bond acceptors (Lipinski definition) is 2. The molecule has 100 valence electrons. The predicted octanol–water partition coefficient (Wildman–Crippen LogP) is 1.47. The molecule has 0 aromatic heterocycles. The molecule has 4 nitrogen and oxygen atoms in total. The number of piperazine rings is 1. The molecule has 1 aliphatic carbocycles. The van der Waals surface area contributed by atoms with Crippen LogP contribution in [0.15, 0.2) is 12.7 Å². The highest BCUT2D eigenvalue weighted by Gasteiger charge is 2.54. The Labute approximate surface area is 108 Å². The monoisotopic (exact) mass is 250 g/mol. The van der Waals surface area contributed by atoms with E-state index in [1.54, 1.807) is 11.0 Å². The van der Waals surface area contributed by atoms with Gasteiger partial charge in [-0.1, -0.05) is 13.0 Å². The average Bonchev–Trinajstić information content (AvgIpc) is 3.16. The Morgan fingerprint density at radius 3 is 2.67 bits per heavy atom. The minimum Gasteiger partial charge on any atom is -0.340 e. The van der Waals surface area contributed by atoms with E-state index in [1.165, 1.54) is 0 Å². The highest BCUT2D eigenvalue weighted by molar-refractivity contribution is 6.00. The van der Waals surface area contributed by atoms with Crippen molar-refractivity contribution in [3.8, 4) is 0 Å². The van der Waals surface area contributed by atoms with E-state index in [0.29, 0.717) is 18.9 Å². The molecule has 0 spiro atoms. The average molecular weight is 250 g/mol. The van der Waals surface area contributed by atoms with Gasteiger partial charge in [0.25, 0.3) is 0 Å². The summed E-state index contributed by atoms with van der Waals surface area (Å²) < 4.78 is 0. The van der Waals surface area contributed by atoms with Gasteiger partial charge < -0.3 is 10.2 Å². The van der Waals surface area contributed by atoms with Crippen molar-refractivity contribution < 1.29 is 9.59 Å². The Morgan fingerprint density at radius 2 is 2.17 bits per heavy atom. The summed E-state index contributed by atoms with van der Waals surface area (Å²) in [4.78, 5) is 26.5. The van der Waals surface area contributed by atoms with Gasteiger partial charge in [-0.05, 0) is 38.5 Å². The van der Waals surface area contributed by atoms with E-state index in [-0.39, 0.29) is 17.9 Å². The van der Waals surface area contributed by atoms with Crippen LogP contribution in [-0.2, 0) is 9.59 Å². The lowest BCUT2D eigenvalue weighted by molar-refractivity contribution is -0.155. The molecule has 2 rings (SSSR count). The van der Waals surface area contributed by atoms with E-state index >= 15 is 0 Å². The van der Waals surface area contributed by atoms with Gasteiger partial charge in [-0.25, -0.2) is 0 Å². The van der Waals surface area contributed by atoms with Crippen molar-refractivity contribution in [2.75, 3.05) is 6.54 Å². The summed E-state index contributed by atoms with van der Waals surface area (Å²) in [5.41, 5.74) is -0.677. The Bertz CT molecular complexity index is 376. The fraction of sp³-hybridized carbons (Fsp3) is 0.714. The van der Waals surface area contributed by atoms with Crippen LogP contribution in [0.3, 0.4) is 0 Å². The molecule has 4 heteroatoms. The normalized spacial score (nSPS) is 32.3. The number of hydrogen-bond donors (Lipinski definition) is 1. The Hall–Kier alpha value is -1.32. The molecule has 2 aliphatic rings. The maximum Gasteiger partial charge on any atom is 0.249 e. The summed E-state index contributed by atoms with van der Waals surface area (Å²) in [6.45, 7) is 8.09. The molecule has 1 saturated carbocycles. The van der Waals surface area contributed by atoms with Crippen LogP contribution in [0.1, 0.15) is 39.5 Å². The minimum atomic E-state index is -0.677. The molecular weight excluding hydrogens is 228 g/mol. The van der Waals surface area contributed by atoms with Crippen LogP contribution in [-0.4, -0.2) is 34.8 Å². The second kappa shape index (κ2) is 4.75. The van der Waals surface area contributed by atoms with Gasteiger partial charge in [0.15, 0.2) is 0 Å². The largest absolute Gasteiger partial charge is 0.340 e. The maximum absolute atomic E-state index is 12.6. The second-order valence-corrected chi connectivity index (χ2v) is 5.47. The lowest BCUT2D eigenvalue weighted by Crippen LogP contribution is -2.70. The topological polar surface area (TPSA) is 49.4 Å². The van der Waals surface area contributed by atoms with Crippen molar-refractivity contribution in [1.29, 1.82) is 0 Å². The second-order valence-electron chi connectivity index (χ2n) is 5.47. The predicted molar refractivity (Wildman–Crippen MR) is 69.9 cm³/mol. The molecule has 0 aromatic rings. The van der Waals surface area contributed by atoms with Crippen LogP contribution in [0, 0.1) is 5.92 Å². The smallest absolute Gasteiger partial charge is 0.249 e. The summed E-state index contributed by atoms with van der Waals surface area (Å²) in [5.74, 6) is 0.395. The first-order valence-electron chi connectivity index (χ1n) is 6.78. The molecule has 2 fully saturated rings. The fourth-order valence-corrected chi connectivity index (χ4v) is 2.81. The highest BCUT2D eigenvalue weighted by atomic mass is 16.2. The van der Waals surface area contributed by atoms with Crippen LogP contribution in [0.25, 0.3) is 0 Å². The molecule has 18 heavy (non-hydrogen) atoms. The molecule has 1 heterocycles. The first kappa shape index (κ1) is 13.1. The molecule has 0 radical (unpaired) electrons. The van der Waals surface area contributed by atoms with E-state index in [1.807, 2.05) is 13.8 Å². The summed E-state index contributed by atoms with van der Waals surface area (Å²) >= 11 is 0. The fourth-order valence-electron chi connectivity index (χ4n) is 2.81. The summed E-state index contributed by atoms with van der Waals surface area (Å²) in [7, 11) is 0. The molecule has 0 bridgehead atoms. The number of carbonyl (C=O) groups excluding carboxylic acids is 2. The highest BCUT2D eigenvalue weighted by Crippen LogP contribution is 2.42. The molecule has 2 unspecified atom stereocenters. The third-order valence-electron chi connectivity index (χ3n) is 4.12. The zero-order valence-corrected chi connectivity index (χ0v) is 11.2. The van der Waals surface area contributed by atoms with E-state index < -0.39 is 5.54 Å². The van der Waals surface area contributed by atoms with Crippen LogP contribution in [0.2, 0.25) is 0 Å². The van der Waals surface area contributed by atoms with Gasteiger partial charge in [0.1, 0.15) is 11.6 Å². The van der Waals surface area contributed by atoms with E-state index in [4.69, 9.17) is 0 Å². The lowest BCUT2D eigenvalue weighted by atomic mass is 9.88.